The van der Waals surface area contributed by atoms with Crippen molar-refractivity contribution in [2.75, 3.05) is 19.8 Å². The predicted molar refractivity (Wildman–Crippen MR) is 48.4 cm³/mol. The van der Waals surface area contributed by atoms with Crippen LogP contribution >= 0.6 is 7.82 Å². The molecule has 2 aliphatic heterocycles. The van der Waals surface area contributed by atoms with Crippen LogP contribution in [0, 0.1) is 0 Å². The molecule has 0 aromatic rings. The van der Waals surface area contributed by atoms with Gasteiger partial charge in [0.15, 0.2) is 0 Å². The first-order valence-electron chi connectivity index (χ1n) is 4.14. The van der Waals surface area contributed by atoms with Gasteiger partial charge in [0.05, 0.1) is 25.2 Å². The van der Waals surface area contributed by atoms with Crippen LogP contribution in [0.2, 0.25) is 0 Å². The van der Waals surface area contributed by atoms with Crippen LogP contribution in [-0.4, -0.2) is 34.3 Å². The van der Waals surface area contributed by atoms with Gasteiger partial charge in [0.25, 0.3) is 10.1 Å². The molecule has 1 saturated heterocycles. The predicted octanol–water partition coefficient (Wildman–Crippen LogP) is 0.400. The van der Waals surface area contributed by atoms with E-state index < -0.39 is 24.0 Å². The van der Waals surface area contributed by atoms with E-state index in [-0.39, 0.29) is 19.8 Å². The van der Waals surface area contributed by atoms with Gasteiger partial charge in [-0.05, 0) is 6.08 Å². The normalized spacial score (nSPS) is 32.1. The fraction of sp³-hybridized carbons (Fsp3) is 0.667. The molecular formula is C6H9O7PS. The maximum atomic E-state index is 11.4. The highest BCUT2D eigenvalue weighted by atomic mass is 32.2. The van der Waals surface area contributed by atoms with Gasteiger partial charge >= 0.3 is 7.82 Å². The summed E-state index contributed by atoms with van der Waals surface area (Å²) >= 11 is 0. The van der Waals surface area contributed by atoms with Crippen molar-refractivity contribution in [1.29, 1.82) is 0 Å². The summed E-state index contributed by atoms with van der Waals surface area (Å²) < 4.78 is 51.9. The van der Waals surface area contributed by atoms with Crippen molar-refractivity contribution in [2.24, 2.45) is 0 Å². The summed E-state index contributed by atoms with van der Waals surface area (Å²) in [6.07, 6.45) is 0.533. The second-order valence-electron chi connectivity index (χ2n) is 2.87. The Balaban J connectivity index is 1.85. The quantitative estimate of drug-likeness (QED) is 0.533. The van der Waals surface area contributed by atoms with Crippen LogP contribution < -0.4 is 0 Å². The third kappa shape index (κ3) is 2.87. The van der Waals surface area contributed by atoms with Gasteiger partial charge in [-0.25, -0.2) is 4.57 Å². The van der Waals surface area contributed by atoms with Crippen LogP contribution in [0.25, 0.3) is 0 Å². The highest BCUT2D eigenvalue weighted by Crippen LogP contribution is 2.52. The molecule has 0 aliphatic carbocycles. The zero-order valence-electron chi connectivity index (χ0n) is 7.57. The molecule has 0 N–H and O–H groups in total. The number of phosphoric ester groups is 1. The number of rotatable bonds is 3. The van der Waals surface area contributed by atoms with Crippen molar-refractivity contribution in [1.82, 2.24) is 0 Å². The second kappa shape index (κ2) is 3.97. The topological polar surface area (TPSA) is 88.1 Å². The van der Waals surface area contributed by atoms with E-state index in [0.717, 1.165) is 5.41 Å². The Bertz CT molecular complexity index is 403. The Morgan fingerprint density at radius 1 is 1.40 bits per heavy atom. The van der Waals surface area contributed by atoms with Gasteiger partial charge in [-0.3, -0.25) is 17.8 Å². The van der Waals surface area contributed by atoms with Crippen molar-refractivity contribution in [3.8, 4) is 0 Å². The van der Waals surface area contributed by atoms with Gasteiger partial charge in [-0.1, -0.05) is 0 Å². The summed E-state index contributed by atoms with van der Waals surface area (Å²) in [5.74, 6) is 0. The molecule has 0 saturated carbocycles. The Morgan fingerprint density at radius 2 is 2.07 bits per heavy atom. The monoisotopic (exact) mass is 256 g/mol. The molecule has 1 fully saturated rings. The molecule has 7 nitrogen and oxygen atoms in total. The number of phosphoric acid groups is 1. The van der Waals surface area contributed by atoms with E-state index >= 15 is 0 Å². The van der Waals surface area contributed by atoms with E-state index in [1.54, 1.807) is 0 Å². The number of hydrogen-bond acceptors (Lipinski definition) is 7. The molecule has 0 bridgehead atoms. The maximum Gasteiger partial charge on any atom is 0.475 e. The van der Waals surface area contributed by atoms with Crippen LogP contribution in [-0.2, 0) is 32.4 Å². The summed E-state index contributed by atoms with van der Waals surface area (Å²) in [4.78, 5) is 0. The van der Waals surface area contributed by atoms with Crippen molar-refractivity contribution in [3.63, 3.8) is 0 Å². The van der Waals surface area contributed by atoms with Crippen LogP contribution in [0.1, 0.15) is 0 Å². The molecule has 86 valence electrons. The Labute approximate surface area is 86.7 Å². The van der Waals surface area contributed by atoms with Crippen LogP contribution in [0.4, 0.5) is 0 Å². The first kappa shape index (κ1) is 11.3. The van der Waals surface area contributed by atoms with Crippen LogP contribution in [0.15, 0.2) is 11.5 Å². The first-order valence-corrected chi connectivity index (χ1v) is 7.07. The molecule has 0 radical (unpaired) electrons. The molecule has 15 heavy (non-hydrogen) atoms. The van der Waals surface area contributed by atoms with Crippen LogP contribution in [0.5, 0.6) is 0 Å². The zero-order chi connectivity index (χ0) is 10.9. The third-order valence-corrected chi connectivity index (χ3v) is 4.17. The molecule has 2 aliphatic rings. The summed E-state index contributed by atoms with van der Waals surface area (Å²) in [5.41, 5.74) is 0. The van der Waals surface area contributed by atoms with Gasteiger partial charge in [0.2, 0.25) is 0 Å². The van der Waals surface area contributed by atoms with Gasteiger partial charge in [0, 0.05) is 0 Å². The highest BCUT2D eigenvalue weighted by Gasteiger charge is 2.34. The standard InChI is InChI=1S/C6H9O7PS/c7-14(10-2-3-11-14)12-5-6-1-4-15(8,9)13-6/h1,4,6H,2-3,5H2. The van der Waals surface area contributed by atoms with Gasteiger partial charge in [-0.15, -0.1) is 0 Å². The molecular weight excluding hydrogens is 247 g/mol. The zero-order valence-corrected chi connectivity index (χ0v) is 9.28. The minimum Gasteiger partial charge on any atom is -0.284 e. The summed E-state index contributed by atoms with van der Waals surface area (Å²) in [5, 5.41) is 0.924. The van der Waals surface area contributed by atoms with Crippen LogP contribution in [0.3, 0.4) is 0 Å². The van der Waals surface area contributed by atoms with Gasteiger partial charge in [0.1, 0.15) is 6.10 Å². The Kier molecular flexibility index (Phi) is 2.98. The molecule has 2 rings (SSSR count). The van der Waals surface area contributed by atoms with E-state index in [4.69, 9.17) is 13.6 Å². The Hall–Kier alpha value is -0.240. The van der Waals surface area contributed by atoms with E-state index in [0.29, 0.717) is 0 Å². The molecule has 0 amide bonds. The minimum absolute atomic E-state index is 0.187. The SMILES string of the molecule is O=P1(OCC2C=CS(=O)(=O)O2)OCCO1. The fourth-order valence-corrected chi connectivity index (χ4v) is 3.12. The average Bonchev–Trinajstić information content (AvgIpc) is 2.70. The van der Waals surface area contributed by atoms with E-state index in [1.165, 1.54) is 6.08 Å². The molecule has 0 aromatic heterocycles. The average molecular weight is 256 g/mol. The highest BCUT2D eigenvalue weighted by molar-refractivity contribution is 7.89. The lowest BCUT2D eigenvalue weighted by Crippen LogP contribution is -2.14. The molecule has 2 heterocycles. The number of hydrogen-bond donors (Lipinski definition) is 0. The molecule has 1 unspecified atom stereocenters. The summed E-state index contributed by atoms with van der Waals surface area (Å²) in [6, 6.07) is 0. The molecule has 0 spiro atoms. The summed E-state index contributed by atoms with van der Waals surface area (Å²) in [6.45, 7) is 0.223. The lowest BCUT2D eigenvalue weighted by molar-refractivity contribution is 0.133. The molecule has 0 aromatic carbocycles. The van der Waals surface area contributed by atoms with Gasteiger partial charge in [-0.2, -0.15) is 8.42 Å². The van der Waals surface area contributed by atoms with Crippen molar-refractivity contribution in [3.05, 3.63) is 11.5 Å². The lowest BCUT2D eigenvalue weighted by Gasteiger charge is -2.11. The third-order valence-electron chi connectivity index (χ3n) is 1.70. The summed E-state index contributed by atoms with van der Waals surface area (Å²) in [7, 11) is -7.07. The maximum absolute atomic E-state index is 11.4. The Morgan fingerprint density at radius 3 is 2.60 bits per heavy atom. The smallest absolute Gasteiger partial charge is 0.284 e. The lowest BCUT2D eigenvalue weighted by atomic mass is 10.4. The second-order valence-corrected chi connectivity index (χ2v) is 5.98. The van der Waals surface area contributed by atoms with Crippen molar-refractivity contribution >= 4 is 17.9 Å². The first-order chi connectivity index (χ1) is 6.99. The van der Waals surface area contributed by atoms with E-state index in [9.17, 15) is 13.0 Å². The molecule has 1 atom stereocenters. The fourth-order valence-electron chi connectivity index (χ4n) is 1.08. The molecule has 9 heteroatoms. The van der Waals surface area contributed by atoms with E-state index in [1.807, 2.05) is 0 Å². The largest absolute Gasteiger partial charge is 0.475 e. The van der Waals surface area contributed by atoms with Crippen molar-refractivity contribution in [2.45, 2.75) is 6.10 Å². The van der Waals surface area contributed by atoms with Gasteiger partial charge < -0.3 is 0 Å². The van der Waals surface area contributed by atoms with E-state index in [2.05, 4.69) is 4.18 Å². The van der Waals surface area contributed by atoms with Crippen molar-refractivity contribution < 1.29 is 30.7 Å². The minimum atomic E-state index is -3.59.